The highest BCUT2D eigenvalue weighted by molar-refractivity contribution is 6.46. The number of carbonyl (C=O) groups excluding carboxylic acids is 2. The highest BCUT2D eigenvalue weighted by atomic mass is 16.5. The van der Waals surface area contributed by atoms with Crippen molar-refractivity contribution in [2.24, 2.45) is 0 Å². The molecule has 0 saturated carbocycles. The van der Waals surface area contributed by atoms with E-state index < -0.39 is 17.7 Å². The molecule has 3 aromatic rings. The summed E-state index contributed by atoms with van der Waals surface area (Å²) in [5.41, 5.74) is 3.41. The number of ether oxygens (including phenoxy) is 2. The second-order valence-corrected chi connectivity index (χ2v) is 10.8. The molecule has 0 spiro atoms. The average molecular weight is 528 g/mol. The predicted octanol–water partition coefficient (Wildman–Crippen LogP) is 6.45. The predicted molar refractivity (Wildman–Crippen MR) is 153 cm³/mol. The second-order valence-electron chi connectivity index (χ2n) is 10.8. The molecule has 3 aromatic carbocycles. The largest absolute Gasteiger partial charge is 0.507 e. The molecule has 1 atom stereocenters. The first-order valence-electron chi connectivity index (χ1n) is 13.4. The summed E-state index contributed by atoms with van der Waals surface area (Å²) in [5.74, 6) is -0.156. The lowest BCUT2D eigenvalue weighted by Gasteiger charge is -2.26. The molecule has 39 heavy (non-hydrogen) atoms. The lowest BCUT2D eigenvalue weighted by molar-refractivity contribution is -0.139. The number of aliphatic hydroxyl groups is 1. The van der Waals surface area contributed by atoms with Gasteiger partial charge in [0.1, 0.15) is 17.3 Å². The number of Topliss-reactive ketones (excluding diaryl/α,β-unsaturated/α-hetero) is 1. The van der Waals surface area contributed by atoms with Gasteiger partial charge in [-0.15, -0.1) is 0 Å². The van der Waals surface area contributed by atoms with Crippen LogP contribution in [-0.2, 0) is 21.4 Å². The molecule has 1 amide bonds. The monoisotopic (exact) mass is 527 g/mol. The summed E-state index contributed by atoms with van der Waals surface area (Å²) in [6.07, 6.45) is 1.40. The molecule has 0 aliphatic carbocycles. The van der Waals surface area contributed by atoms with Crippen LogP contribution in [-0.4, -0.2) is 42.0 Å². The van der Waals surface area contributed by atoms with Crippen LogP contribution in [0.25, 0.3) is 5.76 Å². The fourth-order valence-electron chi connectivity index (χ4n) is 4.77. The maximum atomic E-state index is 13.4. The molecular weight excluding hydrogens is 490 g/mol. The number of amides is 1. The number of aliphatic hydroxyl groups excluding tert-OH is 1. The highest BCUT2D eigenvalue weighted by Crippen LogP contribution is 2.40. The molecule has 1 saturated heterocycles. The Hall–Kier alpha value is -4.06. The number of benzene rings is 3. The van der Waals surface area contributed by atoms with Crippen LogP contribution in [0.5, 0.6) is 11.5 Å². The van der Waals surface area contributed by atoms with Crippen LogP contribution < -0.4 is 9.47 Å². The first kappa shape index (κ1) is 28.0. The van der Waals surface area contributed by atoms with Crippen molar-refractivity contribution in [2.75, 3.05) is 20.3 Å². The first-order chi connectivity index (χ1) is 18.6. The summed E-state index contributed by atoms with van der Waals surface area (Å²) in [6.45, 7) is 9.28. The molecule has 0 bridgehead atoms. The van der Waals surface area contributed by atoms with Crippen LogP contribution in [0.15, 0.2) is 78.4 Å². The van der Waals surface area contributed by atoms with Gasteiger partial charge in [-0.05, 0) is 59.2 Å². The van der Waals surface area contributed by atoms with Crippen LogP contribution in [0.3, 0.4) is 0 Å². The number of nitrogens with zero attached hydrogens (tertiary/aromatic N) is 1. The van der Waals surface area contributed by atoms with Crippen molar-refractivity contribution in [3.05, 3.63) is 101 Å². The molecule has 4 rings (SSSR count). The van der Waals surface area contributed by atoms with E-state index in [1.165, 1.54) is 0 Å². The van der Waals surface area contributed by atoms with Crippen molar-refractivity contribution in [3.8, 4) is 11.5 Å². The van der Waals surface area contributed by atoms with Crippen LogP contribution in [0.1, 0.15) is 62.4 Å². The molecule has 204 valence electrons. The number of likely N-dealkylation sites (tertiary alicyclic amines) is 1. The van der Waals surface area contributed by atoms with E-state index in [0.29, 0.717) is 30.9 Å². The van der Waals surface area contributed by atoms with Gasteiger partial charge < -0.3 is 19.5 Å². The number of ketones is 1. The zero-order valence-corrected chi connectivity index (χ0v) is 23.4. The number of hydrogen-bond donors (Lipinski definition) is 1. The van der Waals surface area contributed by atoms with E-state index in [1.54, 1.807) is 30.2 Å². The van der Waals surface area contributed by atoms with Crippen molar-refractivity contribution < 1.29 is 24.2 Å². The fraction of sp³-hybridized carbons (Fsp3) is 0.333. The van der Waals surface area contributed by atoms with E-state index in [1.807, 2.05) is 61.5 Å². The third-order valence-electron chi connectivity index (χ3n) is 7.01. The zero-order chi connectivity index (χ0) is 28.2. The quantitative estimate of drug-likeness (QED) is 0.197. The Morgan fingerprint density at radius 1 is 0.949 bits per heavy atom. The normalized spacial score (nSPS) is 16.9. The van der Waals surface area contributed by atoms with E-state index >= 15 is 0 Å². The van der Waals surface area contributed by atoms with Crippen LogP contribution in [0, 0.1) is 0 Å². The molecule has 1 heterocycles. The molecule has 1 aliphatic heterocycles. The maximum Gasteiger partial charge on any atom is 0.295 e. The molecule has 1 aliphatic rings. The van der Waals surface area contributed by atoms with Crippen molar-refractivity contribution >= 4 is 17.4 Å². The van der Waals surface area contributed by atoms with Crippen LogP contribution in [0.4, 0.5) is 0 Å². The molecule has 0 aromatic heterocycles. The highest BCUT2D eigenvalue weighted by Gasteiger charge is 2.45. The Kier molecular flexibility index (Phi) is 8.44. The Morgan fingerprint density at radius 3 is 2.26 bits per heavy atom. The second kappa shape index (κ2) is 11.8. The minimum atomic E-state index is -0.711. The van der Waals surface area contributed by atoms with E-state index in [9.17, 15) is 14.7 Å². The summed E-state index contributed by atoms with van der Waals surface area (Å²) in [5, 5.41) is 11.4. The van der Waals surface area contributed by atoms with Gasteiger partial charge in [0.05, 0.1) is 25.3 Å². The zero-order valence-electron chi connectivity index (χ0n) is 23.4. The van der Waals surface area contributed by atoms with Gasteiger partial charge in [0.25, 0.3) is 11.7 Å². The molecular formula is C33H37NO5. The Morgan fingerprint density at radius 2 is 1.64 bits per heavy atom. The Balaban J connectivity index is 1.75. The Labute approximate surface area is 230 Å². The third-order valence-corrected chi connectivity index (χ3v) is 7.01. The van der Waals surface area contributed by atoms with Gasteiger partial charge in [-0.25, -0.2) is 0 Å². The summed E-state index contributed by atoms with van der Waals surface area (Å²) in [7, 11) is 1.62. The van der Waals surface area contributed by atoms with Crippen molar-refractivity contribution in [1.82, 2.24) is 4.90 Å². The van der Waals surface area contributed by atoms with E-state index in [2.05, 4.69) is 20.8 Å². The molecule has 6 nitrogen and oxygen atoms in total. The van der Waals surface area contributed by atoms with Crippen molar-refractivity contribution in [2.45, 2.75) is 52.0 Å². The standard InChI is InChI=1S/C33H37NO5/c1-6-20-39-27-9-7-8-24(21-27)30(35)28-29(23-12-14-25(15-13-23)33(2,3)4)34(32(37)31(28)36)19-18-22-10-16-26(38-5)17-11-22/h7-17,21,29,35H,6,18-20H2,1-5H3/b30-28-. The number of methoxy groups -OCH3 is 1. The van der Waals surface area contributed by atoms with Gasteiger partial charge in [0.15, 0.2) is 0 Å². The van der Waals surface area contributed by atoms with E-state index in [0.717, 1.165) is 28.9 Å². The van der Waals surface area contributed by atoms with Crippen LogP contribution >= 0.6 is 0 Å². The van der Waals surface area contributed by atoms with Crippen molar-refractivity contribution in [3.63, 3.8) is 0 Å². The lowest BCUT2D eigenvalue weighted by Crippen LogP contribution is -2.31. The number of rotatable bonds is 9. The summed E-state index contributed by atoms with van der Waals surface area (Å²) in [6, 6.07) is 21.9. The van der Waals surface area contributed by atoms with Gasteiger partial charge in [0.2, 0.25) is 0 Å². The summed E-state index contributed by atoms with van der Waals surface area (Å²) < 4.78 is 11.0. The molecule has 0 radical (unpaired) electrons. The van der Waals surface area contributed by atoms with Gasteiger partial charge in [-0.2, -0.15) is 0 Å². The molecule has 1 unspecified atom stereocenters. The number of carbonyl (C=O) groups is 2. The summed E-state index contributed by atoms with van der Waals surface area (Å²) in [4.78, 5) is 28.4. The maximum absolute atomic E-state index is 13.4. The fourth-order valence-corrected chi connectivity index (χ4v) is 4.77. The van der Waals surface area contributed by atoms with Gasteiger partial charge in [-0.1, -0.05) is 76.2 Å². The molecule has 1 N–H and O–H groups in total. The number of hydrogen-bond acceptors (Lipinski definition) is 5. The van der Waals surface area contributed by atoms with E-state index in [-0.39, 0.29) is 16.7 Å². The smallest absolute Gasteiger partial charge is 0.295 e. The Bertz CT molecular complexity index is 1350. The SMILES string of the molecule is CCCOc1cccc(/C(O)=C2/C(=O)C(=O)N(CCc3ccc(OC)cc3)C2c2ccc(C(C)(C)C)cc2)c1. The third kappa shape index (κ3) is 6.17. The lowest BCUT2D eigenvalue weighted by atomic mass is 9.85. The van der Waals surface area contributed by atoms with Crippen LogP contribution in [0.2, 0.25) is 0 Å². The molecule has 1 fully saturated rings. The van der Waals surface area contributed by atoms with Gasteiger partial charge in [-0.3, -0.25) is 9.59 Å². The van der Waals surface area contributed by atoms with Crippen molar-refractivity contribution in [1.29, 1.82) is 0 Å². The average Bonchev–Trinajstić information content (AvgIpc) is 3.19. The minimum absolute atomic E-state index is 0.0480. The van der Waals surface area contributed by atoms with Gasteiger partial charge >= 0.3 is 0 Å². The minimum Gasteiger partial charge on any atom is -0.507 e. The molecule has 6 heteroatoms. The first-order valence-corrected chi connectivity index (χ1v) is 13.4. The topological polar surface area (TPSA) is 76.1 Å². The van der Waals surface area contributed by atoms with E-state index in [4.69, 9.17) is 9.47 Å². The summed E-state index contributed by atoms with van der Waals surface area (Å²) >= 11 is 0. The van der Waals surface area contributed by atoms with Gasteiger partial charge in [0, 0.05) is 12.1 Å².